The Hall–Kier alpha value is -1.68. The van der Waals surface area contributed by atoms with Gasteiger partial charge in [-0.05, 0) is 6.07 Å². The van der Waals surface area contributed by atoms with Crippen LogP contribution in [0.4, 0.5) is 0 Å². The molecular weight excluding hydrogens is 315 g/mol. The van der Waals surface area contributed by atoms with Crippen molar-refractivity contribution in [1.82, 2.24) is 0 Å². The Morgan fingerprint density at radius 2 is 2.29 bits per heavy atom. The third-order valence-electron chi connectivity index (χ3n) is 2.42. The number of carbonyl (C=O) groups excluding carboxylic acids is 2. The van der Waals surface area contributed by atoms with Crippen LogP contribution in [0.5, 0.6) is 5.75 Å². The maximum atomic E-state index is 11.3. The van der Waals surface area contributed by atoms with Crippen LogP contribution in [0, 0.1) is 6.08 Å². The van der Waals surface area contributed by atoms with Crippen LogP contribution in [0.2, 0.25) is 0 Å². The number of hydrogen-bond donors (Lipinski definition) is 0. The predicted molar refractivity (Wildman–Crippen MR) is 51.0 cm³/mol. The zero-order chi connectivity index (χ0) is 11.3. The number of ether oxygens (including phenoxy) is 2. The predicted octanol–water partition coefficient (Wildman–Crippen LogP) is 1.43. The standard InChI is InChI=1S/C11H5O5.Rh/c1-2-8(12)14-4-6-7-3-5-9(15-7)10(6)16-11(5)13;/h3H,1,4H2;/q-1;. The molecule has 1 radical (unpaired) electrons. The molecule has 0 atom stereocenters. The molecule has 1 aliphatic rings. The van der Waals surface area contributed by atoms with Crippen LogP contribution in [-0.4, -0.2) is 11.9 Å². The Morgan fingerprint density at radius 1 is 1.53 bits per heavy atom. The minimum Gasteiger partial charge on any atom is -0.485 e. The average Bonchev–Trinajstić information content (AvgIpc) is 2.87. The molecule has 3 heterocycles. The van der Waals surface area contributed by atoms with Crippen molar-refractivity contribution in [2.45, 2.75) is 6.61 Å². The number of furan rings is 2. The van der Waals surface area contributed by atoms with E-state index in [4.69, 9.17) is 13.9 Å². The van der Waals surface area contributed by atoms with Crippen molar-refractivity contribution in [3.05, 3.63) is 29.8 Å². The van der Waals surface area contributed by atoms with Crippen molar-refractivity contribution in [3.8, 4) is 5.75 Å². The minimum absolute atomic E-state index is 0. The summed E-state index contributed by atoms with van der Waals surface area (Å²) in [5, 5.41) is 0. The van der Waals surface area contributed by atoms with E-state index in [1.54, 1.807) is 6.07 Å². The van der Waals surface area contributed by atoms with Crippen molar-refractivity contribution < 1.29 is 43.0 Å². The van der Waals surface area contributed by atoms with E-state index in [-0.39, 0.29) is 26.1 Å². The van der Waals surface area contributed by atoms with Crippen LogP contribution >= 0.6 is 0 Å². The Kier molecular flexibility index (Phi) is 2.75. The summed E-state index contributed by atoms with van der Waals surface area (Å²) < 4.78 is 15.1. The SMILES string of the molecule is C=[C-]C(=O)OCc1c2c3oc1cc3C(=O)O2.[Rh]. The number of benzene rings is 1. The summed E-state index contributed by atoms with van der Waals surface area (Å²) in [6, 6.07) is 1.58. The van der Waals surface area contributed by atoms with Crippen LogP contribution in [-0.2, 0) is 35.6 Å². The summed E-state index contributed by atoms with van der Waals surface area (Å²) in [7, 11) is 0. The molecule has 0 saturated carbocycles. The summed E-state index contributed by atoms with van der Waals surface area (Å²) >= 11 is 0. The molecule has 0 fully saturated rings. The van der Waals surface area contributed by atoms with Gasteiger partial charge < -0.3 is 20.0 Å². The summed E-state index contributed by atoms with van der Waals surface area (Å²) in [5.74, 6) is -0.735. The second-order valence-corrected chi connectivity index (χ2v) is 3.30. The molecule has 0 aromatic carbocycles. The van der Waals surface area contributed by atoms with Gasteiger partial charge in [-0.3, -0.25) is 11.4 Å². The first-order valence-electron chi connectivity index (χ1n) is 4.50. The number of carbonyl (C=O) groups is 2. The molecule has 2 bridgehead atoms. The normalized spacial score (nSPS) is 12.4. The molecule has 89 valence electrons. The van der Waals surface area contributed by atoms with E-state index in [1.807, 2.05) is 0 Å². The van der Waals surface area contributed by atoms with Gasteiger partial charge in [0.2, 0.25) is 0 Å². The Labute approximate surface area is 108 Å². The second kappa shape index (κ2) is 3.96. The summed E-state index contributed by atoms with van der Waals surface area (Å²) in [4.78, 5) is 22.1. The first kappa shape index (κ1) is 11.8. The van der Waals surface area contributed by atoms with E-state index >= 15 is 0 Å². The van der Waals surface area contributed by atoms with Gasteiger partial charge in [0.05, 0.1) is 5.56 Å². The molecule has 0 unspecified atom stereocenters. The number of esters is 2. The van der Waals surface area contributed by atoms with Gasteiger partial charge in [0.1, 0.15) is 23.7 Å². The van der Waals surface area contributed by atoms with E-state index in [2.05, 4.69) is 12.7 Å². The van der Waals surface area contributed by atoms with Crippen molar-refractivity contribution in [1.29, 1.82) is 0 Å². The fraction of sp³-hybridized carbons (Fsp3) is 0.0909. The molecule has 6 heteroatoms. The topological polar surface area (TPSA) is 65.7 Å². The van der Waals surface area contributed by atoms with E-state index in [9.17, 15) is 9.59 Å². The van der Waals surface area contributed by atoms with Gasteiger partial charge in [0.25, 0.3) is 0 Å². The van der Waals surface area contributed by atoms with Crippen molar-refractivity contribution in [3.63, 3.8) is 0 Å². The maximum absolute atomic E-state index is 11.3. The first-order chi connectivity index (χ1) is 7.70. The Morgan fingerprint density at radius 3 is 3.00 bits per heavy atom. The molecule has 0 amide bonds. The largest absolute Gasteiger partial charge is 0.485 e. The van der Waals surface area contributed by atoms with Crippen LogP contribution in [0.1, 0.15) is 15.9 Å². The molecule has 5 nitrogen and oxygen atoms in total. The van der Waals surface area contributed by atoms with Gasteiger partial charge in [-0.1, -0.05) is 0 Å². The Bertz CT molecular complexity index is 612. The molecule has 0 spiro atoms. The van der Waals surface area contributed by atoms with Crippen LogP contribution < -0.4 is 4.74 Å². The molecule has 2 aromatic rings. The molecule has 0 saturated heterocycles. The van der Waals surface area contributed by atoms with E-state index in [1.165, 1.54) is 0 Å². The number of fused-ring (bicyclic) bond motifs is 1. The van der Waals surface area contributed by atoms with Crippen molar-refractivity contribution in [2.75, 3.05) is 0 Å². The first-order valence-corrected chi connectivity index (χ1v) is 4.50. The maximum Gasteiger partial charge on any atom is 0.347 e. The van der Waals surface area contributed by atoms with Crippen LogP contribution in [0.25, 0.3) is 11.2 Å². The molecular formula is C11H5O5Rh-. The summed E-state index contributed by atoms with van der Waals surface area (Å²) in [6.07, 6.45) is 2.07. The van der Waals surface area contributed by atoms with E-state index in [0.29, 0.717) is 28.0 Å². The van der Waals surface area contributed by atoms with Crippen molar-refractivity contribution >= 4 is 23.1 Å². The molecule has 0 N–H and O–H groups in total. The molecule has 3 rings (SSSR count). The van der Waals surface area contributed by atoms with Gasteiger partial charge in [0, 0.05) is 19.5 Å². The third kappa shape index (κ3) is 1.56. The Balaban J connectivity index is 0.00000108. The quantitative estimate of drug-likeness (QED) is 0.370. The van der Waals surface area contributed by atoms with Gasteiger partial charge >= 0.3 is 5.97 Å². The smallest absolute Gasteiger partial charge is 0.347 e. The zero-order valence-electron chi connectivity index (χ0n) is 8.37. The number of rotatable bonds is 3. The zero-order valence-corrected chi connectivity index (χ0v) is 10.0. The molecule has 0 aliphatic carbocycles. The van der Waals surface area contributed by atoms with E-state index < -0.39 is 11.9 Å². The van der Waals surface area contributed by atoms with Crippen molar-refractivity contribution in [2.24, 2.45) is 0 Å². The van der Waals surface area contributed by atoms with Gasteiger partial charge in [-0.15, -0.1) is 0 Å². The fourth-order valence-electron chi connectivity index (χ4n) is 1.69. The average molecular weight is 320 g/mol. The number of hydrogen-bond acceptors (Lipinski definition) is 5. The fourth-order valence-corrected chi connectivity index (χ4v) is 1.69. The third-order valence-corrected chi connectivity index (χ3v) is 2.42. The van der Waals surface area contributed by atoms with Crippen LogP contribution in [0.3, 0.4) is 0 Å². The van der Waals surface area contributed by atoms with Crippen LogP contribution in [0.15, 0.2) is 17.1 Å². The van der Waals surface area contributed by atoms with Gasteiger partial charge in [-0.25, -0.2) is 4.79 Å². The molecule has 1 aliphatic heterocycles. The second-order valence-electron chi connectivity index (χ2n) is 3.30. The van der Waals surface area contributed by atoms with Gasteiger partial charge in [0.15, 0.2) is 11.3 Å². The van der Waals surface area contributed by atoms with E-state index in [0.717, 1.165) is 0 Å². The monoisotopic (exact) mass is 320 g/mol. The summed E-state index contributed by atoms with van der Waals surface area (Å²) in [5.41, 5.74) is 1.92. The molecule has 2 aromatic heterocycles. The minimum atomic E-state index is -0.657. The molecule has 17 heavy (non-hydrogen) atoms. The van der Waals surface area contributed by atoms with Gasteiger partial charge in [-0.2, -0.15) is 0 Å². The summed E-state index contributed by atoms with van der Waals surface area (Å²) in [6.45, 7) is 3.14.